The predicted octanol–water partition coefficient (Wildman–Crippen LogP) is 3.64. The molecule has 1 fully saturated rings. The van der Waals surface area contributed by atoms with Crippen LogP contribution in [0.2, 0.25) is 0 Å². The van der Waals surface area contributed by atoms with E-state index in [2.05, 4.69) is 37.6 Å². The Morgan fingerprint density at radius 2 is 1.96 bits per heavy atom. The molecule has 0 spiro atoms. The maximum atomic E-state index is 12.8. The summed E-state index contributed by atoms with van der Waals surface area (Å²) < 4.78 is 0. The van der Waals surface area contributed by atoms with Crippen molar-refractivity contribution in [2.24, 2.45) is 17.8 Å². The molecule has 1 aliphatic rings. The van der Waals surface area contributed by atoms with Crippen molar-refractivity contribution >= 4 is 17.5 Å². The van der Waals surface area contributed by atoms with Crippen LogP contribution in [0.1, 0.15) is 57.3 Å². The molecule has 5 heteroatoms. The number of amides is 1. The van der Waals surface area contributed by atoms with Gasteiger partial charge in [-0.1, -0.05) is 27.7 Å². The molecule has 144 valence electrons. The highest BCUT2D eigenvalue weighted by Crippen LogP contribution is 2.22. The SMILES string of the molecule is CC(C)CC(=O)C1CCCN(C(=O)c2ccc(N(C)CC(C)C)nc2)C1. The standard InChI is InChI=1S/C21H33N3O2/c1-15(2)11-19(25)18-7-6-10-24(14-18)21(26)17-8-9-20(22-12-17)23(5)13-16(3)4/h8-9,12,15-16,18H,6-7,10-11,13-14H2,1-5H3. The molecule has 1 aromatic rings. The highest BCUT2D eigenvalue weighted by Gasteiger charge is 2.29. The third kappa shape index (κ3) is 5.55. The van der Waals surface area contributed by atoms with Gasteiger partial charge in [0.25, 0.3) is 5.91 Å². The van der Waals surface area contributed by atoms with Crippen LogP contribution in [-0.2, 0) is 4.79 Å². The Morgan fingerprint density at radius 1 is 1.23 bits per heavy atom. The van der Waals surface area contributed by atoms with Crippen LogP contribution in [0.3, 0.4) is 0 Å². The molecule has 1 unspecified atom stereocenters. The Kier molecular flexibility index (Phi) is 7.18. The molecule has 1 atom stereocenters. The van der Waals surface area contributed by atoms with Gasteiger partial charge < -0.3 is 9.80 Å². The molecule has 1 aliphatic heterocycles. The fourth-order valence-corrected chi connectivity index (χ4v) is 3.56. The van der Waals surface area contributed by atoms with E-state index in [4.69, 9.17) is 0 Å². The van der Waals surface area contributed by atoms with Gasteiger partial charge in [-0.2, -0.15) is 0 Å². The van der Waals surface area contributed by atoms with Gasteiger partial charge in [0, 0.05) is 45.2 Å². The third-order valence-electron chi connectivity index (χ3n) is 4.80. The fraction of sp³-hybridized carbons (Fsp3) is 0.667. The Balaban J connectivity index is 2.00. The van der Waals surface area contributed by atoms with E-state index in [0.29, 0.717) is 36.1 Å². The molecule has 0 aliphatic carbocycles. The summed E-state index contributed by atoms with van der Waals surface area (Å²) in [6.07, 6.45) is 4.05. The van der Waals surface area contributed by atoms with Gasteiger partial charge in [-0.3, -0.25) is 9.59 Å². The number of rotatable bonds is 7. The number of carbonyl (C=O) groups excluding carboxylic acids is 2. The highest BCUT2D eigenvalue weighted by molar-refractivity contribution is 5.94. The van der Waals surface area contributed by atoms with Crippen molar-refractivity contribution in [1.82, 2.24) is 9.88 Å². The van der Waals surface area contributed by atoms with E-state index in [9.17, 15) is 9.59 Å². The second-order valence-corrected chi connectivity index (χ2v) is 8.33. The van der Waals surface area contributed by atoms with Gasteiger partial charge in [-0.05, 0) is 36.8 Å². The molecule has 5 nitrogen and oxygen atoms in total. The lowest BCUT2D eigenvalue weighted by atomic mass is 9.89. The van der Waals surface area contributed by atoms with Crippen molar-refractivity contribution < 1.29 is 9.59 Å². The van der Waals surface area contributed by atoms with Crippen molar-refractivity contribution in [2.75, 3.05) is 31.6 Å². The van der Waals surface area contributed by atoms with Crippen LogP contribution in [0.25, 0.3) is 0 Å². The van der Waals surface area contributed by atoms with Crippen LogP contribution >= 0.6 is 0 Å². The van der Waals surface area contributed by atoms with E-state index in [1.54, 1.807) is 6.20 Å². The summed E-state index contributed by atoms with van der Waals surface area (Å²) >= 11 is 0. The van der Waals surface area contributed by atoms with Crippen molar-refractivity contribution in [3.05, 3.63) is 23.9 Å². The van der Waals surface area contributed by atoms with E-state index in [1.807, 2.05) is 24.1 Å². The second-order valence-electron chi connectivity index (χ2n) is 8.33. The summed E-state index contributed by atoms with van der Waals surface area (Å²) in [4.78, 5) is 33.5. The molecule has 0 bridgehead atoms. The topological polar surface area (TPSA) is 53.5 Å². The number of ketones is 1. The Hall–Kier alpha value is -1.91. The smallest absolute Gasteiger partial charge is 0.255 e. The molecule has 26 heavy (non-hydrogen) atoms. The lowest BCUT2D eigenvalue weighted by molar-refractivity contribution is -0.124. The maximum Gasteiger partial charge on any atom is 0.255 e. The molecule has 2 heterocycles. The summed E-state index contributed by atoms with van der Waals surface area (Å²) in [7, 11) is 2.01. The summed E-state index contributed by atoms with van der Waals surface area (Å²) in [6, 6.07) is 3.75. The number of pyridine rings is 1. The zero-order chi connectivity index (χ0) is 19.3. The first-order valence-corrected chi connectivity index (χ1v) is 9.77. The second kappa shape index (κ2) is 9.15. The zero-order valence-corrected chi connectivity index (χ0v) is 16.9. The molecule has 1 saturated heterocycles. The average Bonchev–Trinajstić information content (AvgIpc) is 2.60. The van der Waals surface area contributed by atoms with Gasteiger partial charge in [-0.15, -0.1) is 0 Å². The molecule has 0 N–H and O–H groups in total. The van der Waals surface area contributed by atoms with E-state index < -0.39 is 0 Å². The highest BCUT2D eigenvalue weighted by atomic mass is 16.2. The molecular formula is C21H33N3O2. The molecule has 0 radical (unpaired) electrons. The number of aromatic nitrogens is 1. The van der Waals surface area contributed by atoms with Crippen LogP contribution in [-0.4, -0.2) is 48.3 Å². The van der Waals surface area contributed by atoms with Crippen molar-refractivity contribution in [2.45, 2.75) is 47.0 Å². The summed E-state index contributed by atoms with van der Waals surface area (Å²) in [5.41, 5.74) is 0.601. The van der Waals surface area contributed by atoms with E-state index in [0.717, 1.165) is 31.7 Å². The van der Waals surface area contributed by atoms with Gasteiger partial charge >= 0.3 is 0 Å². The number of hydrogen-bond donors (Lipinski definition) is 0. The van der Waals surface area contributed by atoms with Gasteiger partial charge in [0.1, 0.15) is 11.6 Å². The first kappa shape index (κ1) is 20.4. The van der Waals surface area contributed by atoms with Crippen LogP contribution in [0.15, 0.2) is 18.3 Å². The molecule has 2 rings (SSSR count). The predicted molar refractivity (Wildman–Crippen MR) is 105 cm³/mol. The van der Waals surface area contributed by atoms with Crippen LogP contribution in [0.5, 0.6) is 0 Å². The van der Waals surface area contributed by atoms with Crippen LogP contribution in [0, 0.1) is 17.8 Å². The Morgan fingerprint density at radius 3 is 2.54 bits per heavy atom. The van der Waals surface area contributed by atoms with Crippen LogP contribution < -0.4 is 4.90 Å². The van der Waals surface area contributed by atoms with Crippen molar-refractivity contribution in [3.8, 4) is 0 Å². The molecule has 0 aromatic carbocycles. The third-order valence-corrected chi connectivity index (χ3v) is 4.80. The van der Waals surface area contributed by atoms with E-state index >= 15 is 0 Å². The largest absolute Gasteiger partial charge is 0.359 e. The monoisotopic (exact) mass is 359 g/mol. The molecule has 0 saturated carbocycles. The van der Waals surface area contributed by atoms with Crippen molar-refractivity contribution in [3.63, 3.8) is 0 Å². The Bertz CT molecular complexity index is 610. The summed E-state index contributed by atoms with van der Waals surface area (Å²) in [6.45, 7) is 10.6. The first-order valence-electron chi connectivity index (χ1n) is 9.77. The number of anilines is 1. The lowest BCUT2D eigenvalue weighted by Crippen LogP contribution is -2.42. The van der Waals surface area contributed by atoms with Gasteiger partial charge in [0.05, 0.1) is 5.56 Å². The quantitative estimate of drug-likeness (QED) is 0.746. The molecule has 1 aromatic heterocycles. The minimum atomic E-state index is -0.0161. The number of piperidine rings is 1. The number of nitrogens with zero attached hydrogens (tertiary/aromatic N) is 3. The first-order chi connectivity index (χ1) is 12.3. The summed E-state index contributed by atoms with van der Waals surface area (Å²) in [5.74, 6) is 2.06. The average molecular weight is 360 g/mol. The van der Waals surface area contributed by atoms with Gasteiger partial charge in [-0.25, -0.2) is 4.98 Å². The maximum absolute atomic E-state index is 12.8. The zero-order valence-electron chi connectivity index (χ0n) is 16.9. The number of likely N-dealkylation sites (tertiary alicyclic amines) is 1. The number of hydrogen-bond acceptors (Lipinski definition) is 4. The van der Waals surface area contributed by atoms with Crippen molar-refractivity contribution in [1.29, 1.82) is 0 Å². The normalized spacial score (nSPS) is 17.7. The number of Topliss-reactive ketones (excluding diaryl/α,β-unsaturated/α-hetero) is 1. The van der Waals surface area contributed by atoms with Gasteiger partial charge in [0.2, 0.25) is 0 Å². The minimum absolute atomic E-state index is 0.0143. The van der Waals surface area contributed by atoms with E-state index in [-0.39, 0.29) is 11.8 Å². The Labute approximate surface area is 157 Å². The van der Waals surface area contributed by atoms with Crippen LogP contribution in [0.4, 0.5) is 5.82 Å². The lowest BCUT2D eigenvalue weighted by Gasteiger charge is -2.32. The number of carbonyl (C=O) groups is 2. The fourth-order valence-electron chi connectivity index (χ4n) is 3.56. The molecule has 1 amide bonds. The van der Waals surface area contributed by atoms with Gasteiger partial charge in [0.15, 0.2) is 0 Å². The minimum Gasteiger partial charge on any atom is -0.359 e. The van der Waals surface area contributed by atoms with E-state index in [1.165, 1.54) is 0 Å². The summed E-state index contributed by atoms with van der Waals surface area (Å²) in [5, 5.41) is 0. The molecular weight excluding hydrogens is 326 g/mol.